The maximum atomic E-state index is 7.80. The van der Waals surface area contributed by atoms with Gasteiger partial charge in [-0.15, -0.1) is 0 Å². The summed E-state index contributed by atoms with van der Waals surface area (Å²) < 4.78 is 0. The minimum Gasteiger partial charge on any atom is -0.404 e. The average Bonchev–Trinajstić information content (AvgIpc) is 3.66. The Balaban J connectivity index is 1.51. The molecule has 1 aliphatic rings. The van der Waals surface area contributed by atoms with Crippen molar-refractivity contribution in [2.24, 2.45) is 17.4 Å². The van der Waals surface area contributed by atoms with Crippen LogP contribution in [-0.2, 0) is 6.54 Å². The normalized spacial score (nSPS) is 14.9. The summed E-state index contributed by atoms with van der Waals surface area (Å²) in [7, 11) is 0. The Morgan fingerprint density at radius 3 is 2.78 bits per heavy atom. The standard InChI is InChI=1S/C24H26N8/c25-10-18(17-3-4-17)9-23(27)32-24-6-5-21-22(31-24)8-19(15-30-21)20(11-26)14-29-13-16-2-1-7-28-12-16/h1-2,5-12,14-15,17,26,29H,3-4,13,25,27H2,(H,31,32)/b18-10+,20-14+,23-9+,26-11?. The maximum absolute atomic E-state index is 7.80. The van der Waals surface area contributed by atoms with Crippen LogP contribution in [0.15, 0.2) is 78.8 Å². The first kappa shape index (κ1) is 21.0. The molecule has 1 fully saturated rings. The van der Waals surface area contributed by atoms with Crippen LogP contribution in [0.25, 0.3) is 16.6 Å². The number of rotatable bonds is 9. The van der Waals surface area contributed by atoms with Gasteiger partial charge in [-0.25, -0.2) is 4.98 Å². The Kier molecular flexibility index (Phi) is 6.41. The van der Waals surface area contributed by atoms with E-state index in [9.17, 15) is 0 Å². The number of anilines is 1. The lowest BCUT2D eigenvalue weighted by atomic mass is 10.1. The van der Waals surface area contributed by atoms with Crippen molar-refractivity contribution in [1.29, 1.82) is 5.41 Å². The van der Waals surface area contributed by atoms with Crippen molar-refractivity contribution in [2.45, 2.75) is 19.4 Å². The van der Waals surface area contributed by atoms with Gasteiger partial charge in [-0.05, 0) is 66.4 Å². The number of aromatic nitrogens is 3. The fourth-order valence-corrected chi connectivity index (χ4v) is 3.31. The van der Waals surface area contributed by atoms with Gasteiger partial charge in [0.05, 0.1) is 11.0 Å². The van der Waals surface area contributed by atoms with Crippen LogP contribution in [-0.4, -0.2) is 21.2 Å². The first-order valence-electron chi connectivity index (χ1n) is 10.4. The molecule has 1 aliphatic carbocycles. The molecule has 1 saturated carbocycles. The molecule has 0 spiro atoms. The lowest BCUT2D eigenvalue weighted by molar-refractivity contribution is 0.866. The smallest absolute Gasteiger partial charge is 0.132 e. The minimum absolute atomic E-state index is 0.490. The van der Waals surface area contributed by atoms with E-state index in [2.05, 4.69) is 25.6 Å². The van der Waals surface area contributed by atoms with E-state index in [1.54, 1.807) is 31.0 Å². The van der Waals surface area contributed by atoms with Crippen LogP contribution in [0.1, 0.15) is 24.0 Å². The van der Waals surface area contributed by atoms with Crippen molar-refractivity contribution in [2.75, 3.05) is 5.32 Å². The largest absolute Gasteiger partial charge is 0.404 e. The Morgan fingerprint density at radius 2 is 2.06 bits per heavy atom. The Bertz CT molecular complexity index is 1190. The van der Waals surface area contributed by atoms with Gasteiger partial charge in [-0.3, -0.25) is 9.97 Å². The third-order valence-corrected chi connectivity index (χ3v) is 5.15. The van der Waals surface area contributed by atoms with Crippen LogP contribution < -0.4 is 22.1 Å². The number of allylic oxidation sites excluding steroid dienone is 3. The first-order chi connectivity index (χ1) is 15.7. The van der Waals surface area contributed by atoms with Gasteiger partial charge in [0.15, 0.2) is 0 Å². The number of pyridine rings is 3. The summed E-state index contributed by atoms with van der Waals surface area (Å²) >= 11 is 0. The lowest BCUT2D eigenvalue weighted by Gasteiger charge is -2.09. The zero-order chi connectivity index (χ0) is 22.3. The molecule has 0 atom stereocenters. The Hall–Kier alpha value is -4.20. The molecular formula is C24H26N8. The second kappa shape index (κ2) is 9.74. The number of fused-ring (bicyclic) bond motifs is 1. The second-order valence-corrected chi connectivity index (χ2v) is 7.61. The predicted octanol–water partition coefficient (Wildman–Crippen LogP) is 3.27. The SMILES string of the molecule is N=C/C(=C\NCc1cccnc1)c1cnc2ccc(N/C(N)=C/C(=C\N)C3CC3)nc2c1. The third-order valence-electron chi connectivity index (χ3n) is 5.15. The van der Waals surface area contributed by atoms with Crippen molar-refractivity contribution in [1.82, 2.24) is 20.3 Å². The molecule has 0 radical (unpaired) electrons. The topological polar surface area (TPSA) is 139 Å². The highest BCUT2D eigenvalue weighted by molar-refractivity contribution is 6.08. The molecule has 0 amide bonds. The summed E-state index contributed by atoms with van der Waals surface area (Å²) in [5, 5.41) is 14.1. The van der Waals surface area contributed by atoms with Crippen LogP contribution in [0.2, 0.25) is 0 Å². The summed E-state index contributed by atoms with van der Waals surface area (Å²) in [6, 6.07) is 9.51. The summed E-state index contributed by atoms with van der Waals surface area (Å²) in [5.74, 6) is 1.62. The highest BCUT2D eigenvalue weighted by atomic mass is 15.1. The van der Waals surface area contributed by atoms with Gasteiger partial charge in [0.1, 0.15) is 11.6 Å². The van der Waals surface area contributed by atoms with E-state index in [-0.39, 0.29) is 0 Å². The summed E-state index contributed by atoms with van der Waals surface area (Å²) in [6.07, 6.45) is 14.1. The zero-order valence-electron chi connectivity index (χ0n) is 17.6. The average molecular weight is 427 g/mol. The summed E-state index contributed by atoms with van der Waals surface area (Å²) in [4.78, 5) is 13.2. The molecule has 7 N–H and O–H groups in total. The fraction of sp³-hybridized carbons (Fsp3) is 0.167. The zero-order valence-corrected chi connectivity index (χ0v) is 17.6. The van der Waals surface area contributed by atoms with Gasteiger partial charge < -0.3 is 27.5 Å². The van der Waals surface area contributed by atoms with Gasteiger partial charge in [0, 0.05) is 48.7 Å². The summed E-state index contributed by atoms with van der Waals surface area (Å²) in [5.41, 5.74) is 16.9. The minimum atomic E-state index is 0.490. The van der Waals surface area contributed by atoms with E-state index in [0.717, 1.165) is 35.1 Å². The van der Waals surface area contributed by atoms with E-state index in [1.807, 2.05) is 36.4 Å². The van der Waals surface area contributed by atoms with Crippen molar-refractivity contribution in [3.05, 3.63) is 89.9 Å². The van der Waals surface area contributed by atoms with Gasteiger partial charge in [0.25, 0.3) is 0 Å². The number of hydrogen-bond acceptors (Lipinski definition) is 8. The number of nitrogens with one attached hydrogen (secondary N) is 3. The summed E-state index contributed by atoms with van der Waals surface area (Å²) in [6.45, 7) is 0.615. The van der Waals surface area contributed by atoms with E-state index >= 15 is 0 Å². The van der Waals surface area contributed by atoms with E-state index < -0.39 is 0 Å². The van der Waals surface area contributed by atoms with E-state index in [4.69, 9.17) is 16.9 Å². The number of nitrogens with zero attached hydrogens (tertiary/aromatic N) is 3. The van der Waals surface area contributed by atoms with Crippen molar-refractivity contribution < 1.29 is 0 Å². The fourth-order valence-electron chi connectivity index (χ4n) is 3.31. The van der Waals surface area contributed by atoms with Crippen LogP contribution in [0.3, 0.4) is 0 Å². The molecule has 3 aromatic heterocycles. The molecule has 0 aromatic carbocycles. The predicted molar refractivity (Wildman–Crippen MR) is 128 cm³/mol. The Labute approximate surface area is 186 Å². The maximum Gasteiger partial charge on any atom is 0.132 e. The van der Waals surface area contributed by atoms with Crippen molar-refractivity contribution in [3.8, 4) is 0 Å². The van der Waals surface area contributed by atoms with Crippen LogP contribution >= 0.6 is 0 Å². The van der Waals surface area contributed by atoms with Crippen LogP contribution in [0, 0.1) is 11.3 Å². The molecule has 3 heterocycles. The van der Waals surface area contributed by atoms with Crippen LogP contribution in [0.5, 0.6) is 0 Å². The molecule has 162 valence electrons. The van der Waals surface area contributed by atoms with E-state index in [1.165, 1.54) is 6.21 Å². The first-order valence-corrected chi connectivity index (χ1v) is 10.4. The van der Waals surface area contributed by atoms with E-state index in [0.29, 0.717) is 35.2 Å². The molecule has 32 heavy (non-hydrogen) atoms. The van der Waals surface area contributed by atoms with Crippen LogP contribution in [0.4, 0.5) is 5.82 Å². The highest BCUT2D eigenvalue weighted by Gasteiger charge is 2.24. The van der Waals surface area contributed by atoms with Crippen molar-refractivity contribution >= 4 is 28.6 Å². The molecular weight excluding hydrogens is 400 g/mol. The quantitative estimate of drug-likeness (QED) is 0.261. The van der Waals surface area contributed by atoms with Crippen molar-refractivity contribution in [3.63, 3.8) is 0 Å². The molecule has 0 bridgehead atoms. The third kappa shape index (κ3) is 5.28. The Morgan fingerprint density at radius 1 is 1.19 bits per heavy atom. The highest BCUT2D eigenvalue weighted by Crippen LogP contribution is 2.36. The second-order valence-electron chi connectivity index (χ2n) is 7.61. The lowest BCUT2D eigenvalue weighted by Crippen LogP contribution is -2.11. The molecule has 0 unspecified atom stereocenters. The molecule has 8 heteroatoms. The van der Waals surface area contributed by atoms with Gasteiger partial charge in [-0.1, -0.05) is 6.07 Å². The van der Waals surface area contributed by atoms with Gasteiger partial charge >= 0.3 is 0 Å². The monoisotopic (exact) mass is 426 g/mol. The molecule has 4 rings (SSSR count). The van der Waals surface area contributed by atoms with Gasteiger partial charge in [0.2, 0.25) is 0 Å². The molecule has 8 nitrogen and oxygen atoms in total. The van der Waals surface area contributed by atoms with Gasteiger partial charge in [-0.2, -0.15) is 0 Å². The molecule has 3 aromatic rings. The number of hydrogen-bond donors (Lipinski definition) is 5. The molecule has 0 saturated heterocycles. The number of nitrogens with two attached hydrogens (primary N) is 2. The molecule has 0 aliphatic heterocycles.